The van der Waals surface area contributed by atoms with Gasteiger partial charge < -0.3 is 0 Å². The molecular formula is C17H12N4O3. The number of para-hydroxylation sites is 2. The monoisotopic (exact) mass is 320 g/mol. The second-order valence-electron chi connectivity index (χ2n) is 4.90. The van der Waals surface area contributed by atoms with Gasteiger partial charge in [0.15, 0.2) is 0 Å². The number of benzene rings is 2. The van der Waals surface area contributed by atoms with Crippen LogP contribution in [0.1, 0.15) is 16.1 Å². The lowest BCUT2D eigenvalue weighted by atomic mass is 10.2. The Morgan fingerprint density at radius 2 is 1.83 bits per heavy atom. The first-order valence-corrected chi connectivity index (χ1v) is 7.08. The maximum atomic E-state index is 12.0. The molecule has 0 aliphatic rings. The summed E-state index contributed by atoms with van der Waals surface area (Å²) in [6.07, 6.45) is 1.39. The van der Waals surface area contributed by atoms with Gasteiger partial charge in [0.1, 0.15) is 5.56 Å². The number of nitrogens with zero attached hydrogens (tertiary/aromatic N) is 3. The molecule has 0 saturated heterocycles. The molecule has 3 aromatic rings. The summed E-state index contributed by atoms with van der Waals surface area (Å²) in [5, 5.41) is 15.7. The Balaban J connectivity index is 1.76. The van der Waals surface area contributed by atoms with Gasteiger partial charge in [-0.1, -0.05) is 36.4 Å². The molecule has 3 rings (SSSR count). The van der Waals surface area contributed by atoms with Crippen LogP contribution in [0.4, 0.5) is 5.69 Å². The van der Waals surface area contributed by atoms with Gasteiger partial charge in [-0.15, -0.1) is 0 Å². The molecule has 7 heteroatoms. The number of nitro benzene ring substituents is 1. The van der Waals surface area contributed by atoms with Crippen molar-refractivity contribution in [1.29, 1.82) is 0 Å². The summed E-state index contributed by atoms with van der Waals surface area (Å²) in [6, 6.07) is 17.0. The molecule has 7 nitrogen and oxygen atoms in total. The fourth-order valence-corrected chi connectivity index (χ4v) is 2.20. The Morgan fingerprint density at radius 3 is 2.67 bits per heavy atom. The van der Waals surface area contributed by atoms with Gasteiger partial charge >= 0.3 is 0 Å². The number of hydrogen-bond acceptors (Lipinski definition) is 5. The van der Waals surface area contributed by atoms with Gasteiger partial charge in [0.05, 0.1) is 22.3 Å². The van der Waals surface area contributed by atoms with Crippen LogP contribution in [0, 0.1) is 10.1 Å². The van der Waals surface area contributed by atoms with Crippen LogP contribution < -0.4 is 5.43 Å². The smallest absolute Gasteiger partial charge is 0.267 e. The lowest BCUT2D eigenvalue weighted by Gasteiger charge is -2.01. The first kappa shape index (κ1) is 15.3. The highest BCUT2D eigenvalue weighted by atomic mass is 16.6. The van der Waals surface area contributed by atoms with Crippen molar-refractivity contribution in [2.45, 2.75) is 0 Å². The second kappa shape index (κ2) is 6.66. The number of fused-ring (bicyclic) bond motifs is 1. The van der Waals surface area contributed by atoms with E-state index in [-0.39, 0.29) is 11.3 Å². The number of amides is 1. The highest BCUT2D eigenvalue weighted by Crippen LogP contribution is 2.17. The van der Waals surface area contributed by atoms with Crippen LogP contribution in [0.3, 0.4) is 0 Å². The van der Waals surface area contributed by atoms with Crippen LogP contribution in [0.2, 0.25) is 0 Å². The number of rotatable bonds is 4. The van der Waals surface area contributed by atoms with Crippen molar-refractivity contribution >= 4 is 28.7 Å². The van der Waals surface area contributed by atoms with Crippen LogP contribution in [0.25, 0.3) is 10.9 Å². The van der Waals surface area contributed by atoms with Crippen LogP contribution in [-0.2, 0) is 0 Å². The summed E-state index contributed by atoms with van der Waals surface area (Å²) in [4.78, 5) is 26.7. The van der Waals surface area contributed by atoms with Crippen LogP contribution in [-0.4, -0.2) is 22.0 Å². The van der Waals surface area contributed by atoms with Crippen LogP contribution in [0.5, 0.6) is 0 Å². The van der Waals surface area contributed by atoms with E-state index in [4.69, 9.17) is 0 Å². The summed E-state index contributed by atoms with van der Waals surface area (Å²) in [7, 11) is 0. The average molecular weight is 320 g/mol. The van der Waals surface area contributed by atoms with E-state index in [1.807, 2.05) is 30.3 Å². The summed E-state index contributed by atoms with van der Waals surface area (Å²) in [6.45, 7) is 0. The molecule has 0 bridgehead atoms. The maximum Gasteiger partial charge on any atom is 0.282 e. The van der Waals surface area contributed by atoms with Crippen molar-refractivity contribution in [2.24, 2.45) is 5.10 Å². The fraction of sp³-hybridized carbons (Fsp3) is 0. The normalized spacial score (nSPS) is 10.8. The number of hydrogen-bond donors (Lipinski definition) is 1. The van der Waals surface area contributed by atoms with Gasteiger partial charge in [-0.3, -0.25) is 14.9 Å². The molecule has 1 amide bonds. The number of carbonyl (C=O) groups excluding carboxylic acids is 1. The van der Waals surface area contributed by atoms with Gasteiger partial charge in [-0.2, -0.15) is 5.10 Å². The molecule has 0 aliphatic carbocycles. The van der Waals surface area contributed by atoms with Gasteiger partial charge in [-0.25, -0.2) is 10.4 Å². The van der Waals surface area contributed by atoms with E-state index in [2.05, 4.69) is 15.5 Å². The average Bonchev–Trinajstić information content (AvgIpc) is 2.61. The Kier molecular flexibility index (Phi) is 4.24. The van der Waals surface area contributed by atoms with E-state index in [0.29, 0.717) is 5.69 Å². The fourth-order valence-electron chi connectivity index (χ4n) is 2.20. The largest absolute Gasteiger partial charge is 0.282 e. The maximum absolute atomic E-state index is 12.0. The number of nitro groups is 1. The van der Waals surface area contributed by atoms with Crippen LogP contribution in [0.15, 0.2) is 65.8 Å². The first-order valence-electron chi connectivity index (χ1n) is 7.08. The number of aromatic nitrogens is 1. The van der Waals surface area contributed by atoms with Gasteiger partial charge in [0.25, 0.3) is 11.6 Å². The predicted octanol–water partition coefficient (Wildman–Crippen LogP) is 2.91. The molecule has 0 unspecified atom stereocenters. The zero-order chi connectivity index (χ0) is 16.9. The Bertz CT molecular complexity index is 953. The number of pyridine rings is 1. The van der Waals surface area contributed by atoms with Crippen LogP contribution >= 0.6 is 0 Å². The summed E-state index contributed by atoms with van der Waals surface area (Å²) < 4.78 is 0. The van der Waals surface area contributed by atoms with E-state index < -0.39 is 10.8 Å². The van der Waals surface area contributed by atoms with Crippen molar-refractivity contribution in [3.63, 3.8) is 0 Å². The van der Waals surface area contributed by atoms with Crippen molar-refractivity contribution in [2.75, 3.05) is 0 Å². The minimum absolute atomic E-state index is 0.0499. The molecule has 1 aromatic heterocycles. The molecule has 24 heavy (non-hydrogen) atoms. The van der Waals surface area contributed by atoms with Crippen molar-refractivity contribution in [3.8, 4) is 0 Å². The topological polar surface area (TPSA) is 97.5 Å². The summed E-state index contributed by atoms with van der Waals surface area (Å²) in [5.41, 5.74) is 3.34. The van der Waals surface area contributed by atoms with Crippen molar-refractivity contribution in [3.05, 3.63) is 82.0 Å². The molecular weight excluding hydrogens is 308 g/mol. The predicted molar refractivity (Wildman–Crippen MR) is 89.9 cm³/mol. The quantitative estimate of drug-likeness (QED) is 0.454. The van der Waals surface area contributed by atoms with E-state index in [9.17, 15) is 14.9 Å². The highest BCUT2D eigenvalue weighted by molar-refractivity contribution is 5.98. The molecule has 0 radical (unpaired) electrons. The first-order chi connectivity index (χ1) is 11.6. The molecule has 0 fully saturated rings. The Hall–Kier alpha value is -3.61. The lowest BCUT2D eigenvalue weighted by Crippen LogP contribution is -2.19. The Labute approximate surface area is 136 Å². The number of hydrazone groups is 1. The van der Waals surface area contributed by atoms with E-state index in [0.717, 1.165) is 10.9 Å². The zero-order valence-corrected chi connectivity index (χ0v) is 12.4. The summed E-state index contributed by atoms with van der Waals surface area (Å²) in [5.74, 6) is -0.653. The summed E-state index contributed by atoms with van der Waals surface area (Å²) >= 11 is 0. The minimum atomic E-state index is -0.653. The molecule has 1 heterocycles. The minimum Gasteiger partial charge on any atom is -0.267 e. The molecule has 118 valence electrons. The molecule has 0 atom stereocenters. The molecule has 2 aromatic carbocycles. The number of nitrogens with one attached hydrogen (secondary N) is 1. The van der Waals surface area contributed by atoms with Crippen molar-refractivity contribution in [1.82, 2.24) is 10.4 Å². The third kappa shape index (κ3) is 3.25. The van der Waals surface area contributed by atoms with E-state index in [1.54, 1.807) is 12.1 Å². The third-order valence-corrected chi connectivity index (χ3v) is 3.33. The second-order valence-corrected chi connectivity index (χ2v) is 4.90. The van der Waals surface area contributed by atoms with E-state index >= 15 is 0 Å². The molecule has 1 N–H and O–H groups in total. The van der Waals surface area contributed by atoms with E-state index in [1.165, 1.54) is 24.4 Å². The Morgan fingerprint density at radius 1 is 1.08 bits per heavy atom. The van der Waals surface area contributed by atoms with Gasteiger partial charge in [0.2, 0.25) is 0 Å². The third-order valence-electron chi connectivity index (χ3n) is 3.33. The lowest BCUT2D eigenvalue weighted by molar-refractivity contribution is -0.385. The molecule has 0 aliphatic heterocycles. The SMILES string of the molecule is O=C(NN=Cc1ccc2ccccc2n1)c1ccccc1[N+](=O)[O-]. The highest BCUT2D eigenvalue weighted by Gasteiger charge is 2.18. The van der Waals surface area contributed by atoms with Crippen molar-refractivity contribution < 1.29 is 9.72 Å². The molecule has 0 saturated carbocycles. The van der Waals surface area contributed by atoms with Gasteiger partial charge in [0, 0.05) is 11.5 Å². The standard InChI is InChI=1S/C17H12N4O3/c22-17(14-6-2-4-8-16(14)21(23)24)20-18-11-13-10-9-12-5-1-3-7-15(12)19-13/h1-11H,(H,20,22). The zero-order valence-electron chi connectivity index (χ0n) is 12.4. The number of carbonyl (C=O) groups is 1. The van der Waals surface area contributed by atoms with Gasteiger partial charge in [-0.05, 0) is 18.2 Å². The molecule has 0 spiro atoms.